The van der Waals surface area contributed by atoms with Crippen LogP contribution >= 0.6 is 0 Å². The molecule has 1 aliphatic carbocycles. The summed E-state index contributed by atoms with van der Waals surface area (Å²) < 4.78 is 11.4. The molecular formula is C13H18N2O3. The summed E-state index contributed by atoms with van der Waals surface area (Å²) in [6.45, 7) is 3.82. The smallest absolute Gasteiger partial charge is 0.256 e. The van der Waals surface area contributed by atoms with Gasteiger partial charge in [-0.1, -0.05) is 0 Å². The summed E-state index contributed by atoms with van der Waals surface area (Å²) in [5.41, 5.74) is 0.407. The first-order valence-corrected chi connectivity index (χ1v) is 6.15. The summed E-state index contributed by atoms with van der Waals surface area (Å²) >= 11 is 0. The second-order valence-electron chi connectivity index (χ2n) is 4.58. The summed E-state index contributed by atoms with van der Waals surface area (Å²) in [6, 6.07) is 0. The van der Waals surface area contributed by atoms with Crippen molar-refractivity contribution in [3.63, 3.8) is 0 Å². The van der Waals surface area contributed by atoms with E-state index in [1.807, 2.05) is 13.8 Å². The molecule has 0 radical (unpaired) electrons. The molecule has 0 aromatic carbocycles. The fourth-order valence-electron chi connectivity index (χ4n) is 1.53. The lowest BCUT2D eigenvalue weighted by Gasteiger charge is -2.17. The maximum atomic E-state index is 11.8. The number of pyridine rings is 1. The Hall–Kier alpha value is -1.78. The zero-order chi connectivity index (χ0) is 13.1. The van der Waals surface area contributed by atoms with Gasteiger partial charge in [0.25, 0.3) is 5.91 Å². The SMILES string of the molecule is CNC(=O)c1cncc(OC2CC2)c1OC(C)C. The summed E-state index contributed by atoms with van der Waals surface area (Å²) in [7, 11) is 1.58. The van der Waals surface area contributed by atoms with Crippen LogP contribution in [-0.4, -0.2) is 30.1 Å². The predicted octanol–water partition coefficient (Wildman–Crippen LogP) is 1.77. The maximum Gasteiger partial charge on any atom is 0.256 e. The highest BCUT2D eigenvalue weighted by atomic mass is 16.5. The number of nitrogens with one attached hydrogen (secondary N) is 1. The second kappa shape index (κ2) is 5.25. The standard InChI is InChI=1S/C13H18N2O3/c1-8(2)17-12-10(13(16)14-3)6-15-7-11(12)18-9-4-5-9/h6-9H,4-5H2,1-3H3,(H,14,16). The molecule has 1 aliphatic rings. The van der Waals surface area contributed by atoms with Crippen molar-refractivity contribution >= 4 is 5.91 Å². The van der Waals surface area contributed by atoms with Crippen molar-refractivity contribution in [2.45, 2.75) is 38.9 Å². The zero-order valence-electron chi connectivity index (χ0n) is 10.9. The molecule has 0 spiro atoms. The quantitative estimate of drug-likeness (QED) is 0.865. The van der Waals surface area contributed by atoms with E-state index >= 15 is 0 Å². The molecule has 1 fully saturated rings. The van der Waals surface area contributed by atoms with E-state index in [-0.39, 0.29) is 18.1 Å². The fourth-order valence-corrected chi connectivity index (χ4v) is 1.53. The van der Waals surface area contributed by atoms with E-state index in [0.717, 1.165) is 12.8 Å². The molecule has 1 N–H and O–H groups in total. The molecule has 0 saturated heterocycles. The van der Waals surface area contributed by atoms with Gasteiger partial charge in [0.05, 0.1) is 18.4 Å². The molecule has 2 rings (SSSR count). The first kappa shape index (κ1) is 12.7. The molecule has 0 bridgehead atoms. The van der Waals surface area contributed by atoms with Gasteiger partial charge < -0.3 is 14.8 Å². The van der Waals surface area contributed by atoms with Crippen LogP contribution in [0.15, 0.2) is 12.4 Å². The number of carbonyl (C=O) groups excluding carboxylic acids is 1. The highest BCUT2D eigenvalue weighted by Crippen LogP contribution is 2.35. The first-order valence-electron chi connectivity index (χ1n) is 6.15. The van der Waals surface area contributed by atoms with Gasteiger partial charge in [-0.05, 0) is 26.7 Å². The Balaban J connectivity index is 2.34. The summed E-state index contributed by atoms with van der Waals surface area (Å²) in [6.07, 6.45) is 5.40. The Morgan fingerprint density at radius 2 is 2.17 bits per heavy atom. The van der Waals surface area contributed by atoms with Gasteiger partial charge in [-0.25, -0.2) is 0 Å². The topological polar surface area (TPSA) is 60.5 Å². The van der Waals surface area contributed by atoms with E-state index in [0.29, 0.717) is 17.1 Å². The lowest BCUT2D eigenvalue weighted by atomic mass is 10.2. The number of nitrogens with zero attached hydrogens (tertiary/aromatic N) is 1. The average Bonchev–Trinajstić information content (AvgIpc) is 3.13. The Kier molecular flexibility index (Phi) is 3.69. The van der Waals surface area contributed by atoms with Crippen molar-refractivity contribution < 1.29 is 14.3 Å². The molecule has 0 atom stereocenters. The third kappa shape index (κ3) is 2.91. The molecule has 1 heterocycles. The molecule has 0 aliphatic heterocycles. The molecule has 1 aromatic rings. The van der Waals surface area contributed by atoms with Gasteiger partial charge in [0.15, 0.2) is 11.5 Å². The number of carbonyl (C=O) groups is 1. The molecule has 18 heavy (non-hydrogen) atoms. The molecule has 0 unspecified atom stereocenters. The van der Waals surface area contributed by atoms with Gasteiger partial charge in [-0.3, -0.25) is 9.78 Å². The monoisotopic (exact) mass is 250 g/mol. The first-order chi connectivity index (χ1) is 8.61. The minimum absolute atomic E-state index is 0.0302. The van der Waals surface area contributed by atoms with Gasteiger partial charge in [0.2, 0.25) is 0 Å². The Labute approximate surface area is 107 Å². The van der Waals surface area contributed by atoms with Gasteiger partial charge in [-0.15, -0.1) is 0 Å². The number of ether oxygens (including phenoxy) is 2. The predicted molar refractivity (Wildman–Crippen MR) is 67.0 cm³/mol. The number of aromatic nitrogens is 1. The van der Waals surface area contributed by atoms with Crippen LogP contribution in [0.5, 0.6) is 11.5 Å². The van der Waals surface area contributed by atoms with E-state index in [4.69, 9.17) is 9.47 Å². The molecular weight excluding hydrogens is 232 g/mol. The van der Waals surface area contributed by atoms with Crippen molar-refractivity contribution in [3.8, 4) is 11.5 Å². The van der Waals surface area contributed by atoms with Gasteiger partial charge >= 0.3 is 0 Å². The maximum absolute atomic E-state index is 11.8. The summed E-state index contributed by atoms with van der Waals surface area (Å²) in [4.78, 5) is 15.8. The van der Waals surface area contributed by atoms with E-state index in [9.17, 15) is 4.79 Å². The highest BCUT2D eigenvalue weighted by molar-refractivity contribution is 5.97. The Morgan fingerprint density at radius 3 is 2.72 bits per heavy atom. The van der Waals surface area contributed by atoms with E-state index in [2.05, 4.69) is 10.3 Å². The van der Waals surface area contributed by atoms with Crippen molar-refractivity contribution in [3.05, 3.63) is 18.0 Å². The fraction of sp³-hybridized carbons (Fsp3) is 0.538. The van der Waals surface area contributed by atoms with Crippen LogP contribution in [0.2, 0.25) is 0 Å². The normalized spacial score (nSPS) is 14.4. The Bertz CT molecular complexity index is 442. The molecule has 1 aromatic heterocycles. The third-order valence-electron chi connectivity index (χ3n) is 2.51. The number of amides is 1. The number of hydrogen-bond acceptors (Lipinski definition) is 4. The highest BCUT2D eigenvalue weighted by Gasteiger charge is 2.27. The minimum atomic E-state index is -0.223. The minimum Gasteiger partial charge on any atom is -0.486 e. The van der Waals surface area contributed by atoms with Gasteiger partial charge in [0.1, 0.15) is 5.56 Å². The van der Waals surface area contributed by atoms with E-state index in [1.165, 1.54) is 6.20 Å². The average molecular weight is 250 g/mol. The lowest BCUT2D eigenvalue weighted by molar-refractivity contribution is 0.0955. The van der Waals surface area contributed by atoms with Crippen LogP contribution in [0.3, 0.4) is 0 Å². The lowest BCUT2D eigenvalue weighted by Crippen LogP contribution is -2.21. The summed E-state index contributed by atoms with van der Waals surface area (Å²) in [5, 5.41) is 2.58. The van der Waals surface area contributed by atoms with Gasteiger partial charge in [0, 0.05) is 13.2 Å². The van der Waals surface area contributed by atoms with Crippen LogP contribution in [0.1, 0.15) is 37.0 Å². The molecule has 5 heteroatoms. The number of rotatable bonds is 5. The van der Waals surface area contributed by atoms with Crippen LogP contribution in [0.4, 0.5) is 0 Å². The largest absolute Gasteiger partial charge is 0.486 e. The molecule has 98 valence electrons. The van der Waals surface area contributed by atoms with Gasteiger partial charge in [-0.2, -0.15) is 0 Å². The third-order valence-corrected chi connectivity index (χ3v) is 2.51. The van der Waals surface area contributed by atoms with Crippen LogP contribution in [0.25, 0.3) is 0 Å². The van der Waals surface area contributed by atoms with Crippen molar-refractivity contribution in [1.29, 1.82) is 0 Å². The van der Waals surface area contributed by atoms with E-state index in [1.54, 1.807) is 13.2 Å². The van der Waals surface area contributed by atoms with Crippen molar-refractivity contribution in [2.75, 3.05) is 7.05 Å². The zero-order valence-corrected chi connectivity index (χ0v) is 10.9. The molecule has 5 nitrogen and oxygen atoms in total. The molecule has 1 amide bonds. The van der Waals surface area contributed by atoms with Crippen molar-refractivity contribution in [1.82, 2.24) is 10.3 Å². The van der Waals surface area contributed by atoms with E-state index < -0.39 is 0 Å². The number of hydrogen-bond donors (Lipinski definition) is 1. The second-order valence-corrected chi connectivity index (χ2v) is 4.58. The van der Waals surface area contributed by atoms with Crippen LogP contribution < -0.4 is 14.8 Å². The van der Waals surface area contributed by atoms with Crippen LogP contribution in [-0.2, 0) is 0 Å². The summed E-state index contributed by atoms with van der Waals surface area (Å²) in [5.74, 6) is 0.804. The Morgan fingerprint density at radius 1 is 1.44 bits per heavy atom. The van der Waals surface area contributed by atoms with Crippen LogP contribution in [0, 0.1) is 0 Å². The van der Waals surface area contributed by atoms with Crippen molar-refractivity contribution in [2.24, 2.45) is 0 Å². The molecule has 1 saturated carbocycles.